The van der Waals surface area contributed by atoms with Crippen LogP contribution in [0.2, 0.25) is 0 Å². The van der Waals surface area contributed by atoms with Gasteiger partial charge >= 0.3 is 0 Å². The topological polar surface area (TPSA) is 37.3 Å². The van der Waals surface area contributed by atoms with Crippen LogP contribution >= 0.6 is 0 Å². The zero-order valence-corrected chi connectivity index (χ0v) is 13.4. The van der Waals surface area contributed by atoms with E-state index in [4.69, 9.17) is 0 Å². The van der Waals surface area contributed by atoms with Crippen molar-refractivity contribution in [2.24, 2.45) is 34.5 Å². The van der Waals surface area contributed by atoms with E-state index >= 15 is 0 Å². The Hall–Kier alpha value is -0.790. The van der Waals surface area contributed by atoms with Crippen LogP contribution in [-0.2, 0) is 4.79 Å². The summed E-state index contributed by atoms with van der Waals surface area (Å²) in [4.78, 5) is 12.4. The molecule has 1 N–H and O–H groups in total. The summed E-state index contributed by atoms with van der Waals surface area (Å²) in [6.07, 6.45) is 10.8. The van der Waals surface area contributed by atoms with Gasteiger partial charge in [-0.15, -0.1) is 0 Å². The summed E-state index contributed by atoms with van der Waals surface area (Å²) in [7, 11) is 0. The number of hydrogen-bond acceptors (Lipinski definition) is 2. The standard InChI is InChI=1S/C19H28O2/c1-18-9-7-13(20)11-12(18)3-4-14-15-5-6-17(21)19(15,2)10-8-16(14)18/h7,12,14-16,20H,3-6,8-11H2,1-2H3/t12-,14+,15+,16+,18+,19+/m1/s1. The summed E-state index contributed by atoms with van der Waals surface area (Å²) in [5.41, 5.74) is 0.360. The molecule has 0 unspecified atom stereocenters. The van der Waals surface area contributed by atoms with Gasteiger partial charge in [0.1, 0.15) is 5.78 Å². The lowest BCUT2D eigenvalue weighted by molar-refractivity contribution is -0.136. The third-order valence-corrected chi connectivity index (χ3v) is 8.01. The number of carbonyl (C=O) groups is 1. The highest BCUT2D eigenvalue weighted by Crippen LogP contribution is 2.65. The third-order valence-electron chi connectivity index (χ3n) is 8.01. The molecular weight excluding hydrogens is 260 g/mol. The summed E-state index contributed by atoms with van der Waals surface area (Å²) in [5, 5.41) is 9.90. The maximum atomic E-state index is 12.4. The minimum absolute atomic E-state index is 0.00297. The van der Waals surface area contributed by atoms with Crippen LogP contribution in [0.3, 0.4) is 0 Å². The van der Waals surface area contributed by atoms with Gasteiger partial charge in [0.25, 0.3) is 0 Å². The molecule has 0 heterocycles. The fourth-order valence-corrected chi connectivity index (χ4v) is 6.63. The monoisotopic (exact) mass is 288 g/mol. The van der Waals surface area contributed by atoms with Crippen LogP contribution in [0.25, 0.3) is 0 Å². The molecule has 0 saturated heterocycles. The molecule has 0 aromatic rings. The highest BCUT2D eigenvalue weighted by Gasteiger charge is 2.59. The van der Waals surface area contributed by atoms with Crippen LogP contribution < -0.4 is 0 Å². The molecule has 0 spiro atoms. The largest absolute Gasteiger partial charge is 0.513 e. The van der Waals surface area contributed by atoms with Crippen molar-refractivity contribution in [3.63, 3.8) is 0 Å². The van der Waals surface area contributed by atoms with E-state index in [0.717, 1.165) is 43.9 Å². The minimum Gasteiger partial charge on any atom is -0.513 e. The Morgan fingerprint density at radius 1 is 1.14 bits per heavy atom. The van der Waals surface area contributed by atoms with Crippen molar-refractivity contribution < 1.29 is 9.90 Å². The highest BCUT2D eigenvalue weighted by molar-refractivity contribution is 5.87. The molecule has 2 heteroatoms. The molecule has 4 aliphatic carbocycles. The average Bonchev–Trinajstić information content (AvgIpc) is 2.76. The quantitative estimate of drug-likeness (QED) is 0.704. The van der Waals surface area contributed by atoms with E-state index in [-0.39, 0.29) is 5.41 Å². The van der Waals surface area contributed by atoms with Crippen LogP contribution in [0.5, 0.6) is 0 Å². The van der Waals surface area contributed by atoms with Crippen molar-refractivity contribution in [2.75, 3.05) is 0 Å². The summed E-state index contributed by atoms with van der Waals surface area (Å²) in [6, 6.07) is 0. The summed E-state index contributed by atoms with van der Waals surface area (Å²) in [6.45, 7) is 4.72. The Balaban J connectivity index is 1.67. The number of fused-ring (bicyclic) bond motifs is 5. The van der Waals surface area contributed by atoms with Gasteiger partial charge in [0.2, 0.25) is 0 Å². The molecule has 3 fully saturated rings. The molecule has 0 radical (unpaired) electrons. The van der Waals surface area contributed by atoms with E-state index in [0.29, 0.717) is 28.8 Å². The third kappa shape index (κ3) is 1.74. The maximum absolute atomic E-state index is 12.4. The molecular formula is C19H28O2. The van der Waals surface area contributed by atoms with Gasteiger partial charge < -0.3 is 5.11 Å². The van der Waals surface area contributed by atoms with Gasteiger partial charge in [0, 0.05) is 18.3 Å². The second kappa shape index (κ2) is 4.36. The van der Waals surface area contributed by atoms with E-state index in [1.54, 1.807) is 0 Å². The predicted octanol–water partition coefficient (Wildman–Crippen LogP) is 4.65. The SMILES string of the molecule is C[C@]12CC=C(O)C[C@H]1CC[C@@H]1[C@@H]2CC[C@]2(C)C(=O)CC[C@@H]12. The normalized spacial score (nSPS) is 52.7. The number of carbonyl (C=O) groups excluding carboxylic acids is 1. The first-order valence-corrected chi connectivity index (χ1v) is 8.86. The summed E-state index contributed by atoms with van der Waals surface area (Å²) in [5.74, 6) is 3.98. The van der Waals surface area contributed by atoms with Gasteiger partial charge in [-0.05, 0) is 73.7 Å². The second-order valence-corrected chi connectivity index (χ2v) is 8.68. The number of aliphatic hydroxyl groups is 1. The molecule has 116 valence electrons. The minimum atomic E-state index is -0.00297. The van der Waals surface area contributed by atoms with Crippen LogP contribution in [-0.4, -0.2) is 10.9 Å². The Morgan fingerprint density at radius 3 is 2.76 bits per heavy atom. The number of hydrogen-bond donors (Lipinski definition) is 1. The van der Waals surface area contributed by atoms with Crippen molar-refractivity contribution in [3.8, 4) is 0 Å². The Morgan fingerprint density at radius 2 is 1.95 bits per heavy atom. The molecule has 0 amide bonds. The lowest BCUT2D eigenvalue weighted by atomic mass is 9.46. The fraction of sp³-hybridized carbons (Fsp3) is 0.842. The van der Waals surface area contributed by atoms with Gasteiger partial charge in [0.15, 0.2) is 0 Å². The fourth-order valence-electron chi connectivity index (χ4n) is 6.63. The molecule has 0 aliphatic heterocycles. The molecule has 0 aromatic heterocycles. The van der Waals surface area contributed by atoms with Crippen molar-refractivity contribution in [2.45, 2.75) is 65.2 Å². The molecule has 0 aromatic carbocycles. The van der Waals surface area contributed by atoms with Crippen molar-refractivity contribution in [1.29, 1.82) is 0 Å². The molecule has 2 nitrogen and oxygen atoms in total. The van der Waals surface area contributed by atoms with Crippen LogP contribution in [0, 0.1) is 34.5 Å². The number of allylic oxidation sites excluding steroid dienone is 2. The van der Waals surface area contributed by atoms with Gasteiger partial charge in [-0.2, -0.15) is 0 Å². The van der Waals surface area contributed by atoms with Crippen molar-refractivity contribution in [1.82, 2.24) is 0 Å². The lowest BCUT2D eigenvalue weighted by Crippen LogP contribution is -2.52. The Labute approximate surface area is 128 Å². The molecule has 6 atom stereocenters. The second-order valence-electron chi connectivity index (χ2n) is 8.68. The first-order chi connectivity index (χ1) is 9.95. The van der Waals surface area contributed by atoms with Gasteiger partial charge in [0.05, 0.1) is 5.76 Å². The smallest absolute Gasteiger partial charge is 0.139 e. The molecule has 0 bridgehead atoms. The van der Waals surface area contributed by atoms with E-state index in [2.05, 4.69) is 19.9 Å². The summed E-state index contributed by atoms with van der Waals surface area (Å²) < 4.78 is 0. The predicted molar refractivity (Wildman–Crippen MR) is 82.8 cm³/mol. The number of rotatable bonds is 0. The lowest BCUT2D eigenvalue weighted by Gasteiger charge is -2.58. The van der Waals surface area contributed by atoms with Crippen molar-refractivity contribution >= 4 is 5.78 Å². The van der Waals surface area contributed by atoms with E-state index in [1.165, 1.54) is 19.3 Å². The zero-order chi connectivity index (χ0) is 14.8. The van der Waals surface area contributed by atoms with E-state index in [9.17, 15) is 9.90 Å². The number of aliphatic hydroxyl groups excluding tert-OH is 1. The van der Waals surface area contributed by atoms with E-state index in [1.807, 2.05) is 0 Å². The molecule has 4 rings (SSSR count). The Bertz CT molecular complexity index is 508. The molecule has 21 heavy (non-hydrogen) atoms. The van der Waals surface area contributed by atoms with Crippen LogP contribution in [0.1, 0.15) is 65.2 Å². The zero-order valence-electron chi connectivity index (χ0n) is 13.4. The number of ketones is 1. The van der Waals surface area contributed by atoms with Crippen LogP contribution in [0.4, 0.5) is 0 Å². The maximum Gasteiger partial charge on any atom is 0.139 e. The first kappa shape index (κ1) is 13.8. The highest BCUT2D eigenvalue weighted by atomic mass is 16.3. The van der Waals surface area contributed by atoms with E-state index < -0.39 is 0 Å². The molecule has 3 saturated carbocycles. The van der Waals surface area contributed by atoms with Crippen LogP contribution in [0.15, 0.2) is 11.8 Å². The van der Waals surface area contributed by atoms with Crippen molar-refractivity contribution in [3.05, 3.63) is 11.8 Å². The molecule has 4 aliphatic rings. The average molecular weight is 288 g/mol. The van der Waals surface area contributed by atoms with Gasteiger partial charge in [-0.1, -0.05) is 13.8 Å². The number of Topliss-reactive ketones (excluding diaryl/α,β-unsaturated/α-hetero) is 1. The first-order valence-electron chi connectivity index (χ1n) is 8.86. The summed E-state index contributed by atoms with van der Waals surface area (Å²) >= 11 is 0. The Kier molecular flexibility index (Phi) is 2.88. The van der Waals surface area contributed by atoms with Gasteiger partial charge in [-0.3, -0.25) is 4.79 Å². The van der Waals surface area contributed by atoms with Gasteiger partial charge in [-0.25, -0.2) is 0 Å².